The van der Waals surface area contributed by atoms with E-state index in [9.17, 15) is 10.2 Å². The van der Waals surface area contributed by atoms with Gasteiger partial charge in [0.1, 0.15) is 6.07 Å². The maximum atomic E-state index is 11.7. The molecular formula is C27H41N3O2. The van der Waals surface area contributed by atoms with E-state index in [0.717, 1.165) is 43.4 Å². The average molecular weight is 440 g/mol. The SMILES string of the molecule is CC[C@@]1(O)CC[C@H]2[C@@H](CC[C@@H]3[C@@H]2CC[C@]2(C)[C@@H](C(C)(O)Cn4cc(C#N)cn4)CC[C@@H]32)C1. The van der Waals surface area contributed by atoms with Crippen molar-refractivity contribution in [3.8, 4) is 6.07 Å². The minimum atomic E-state index is -0.825. The van der Waals surface area contributed by atoms with Crippen LogP contribution in [0.1, 0.15) is 90.5 Å². The fourth-order valence-corrected chi connectivity index (χ4v) is 9.25. The van der Waals surface area contributed by atoms with Crippen LogP contribution < -0.4 is 0 Å². The number of aliphatic hydroxyl groups is 2. The summed E-state index contributed by atoms with van der Waals surface area (Å²) in [4.78, 5) is 0. The summed E-state index contributed by atoms with van der Waals surface area (Å²) in [6, 6.07) is 2.14. The molecule has 5 rings (SSSR count). The van der Waals surface area contributed by atoms with E-state index in [2.05, 4.69) is 25.0 Å². The molecule has 4 aliphatic rings. The number of hydrogen-bond donors (Lipinski definition) is 2. The Morgan fingerprint density at radius 1 is 1.16 bits per heavy atom. The molecule has 9 atom stereocenters. The van der Waals surface area contributed by atoms with Crippen molar-refractivity contribution in [3.63, 3.8) is 0 Å². The molecule has 1 aromatic rings. The van der Waals surface area contributed by atoms with Gasteiger partial charge in [0.25, 0.3) is 0 Å². The molecule has 0 saturated heterocycles. The van der Waals surface area contributed by atoms with Crippen LogP contribution in [-0.4, -0.2) is 31.2 Å². The molecule has 4 fully saturated rings. The van der Waals surface area contributed by atoms with E-state index in [1.165, 1.54) is 38.5 Å². The number of nitriles is 1. The summed E-state index contributed by atoms with van der Waals surface area (Å²) in [5.74, 6) is 4.11. The van der Waals surface area contributed by atoms with Gasteiger partial charge < -0.3 is 10.2 Å². The molecule has 1 aromatic heterocycles. The summed E-state index contributed by atoms with van der Waals surface area (Å²) >= 11 is 0. The van der Waals surface area contributed by atoms with Gasteiger partial charge in [0.15, 0.2) is 0 Å². The Labute approximate surface area is 193 Å². The van der Waals surface area contributed by atoms with Gasteiger partial charge in [-0.2, -0.15) is 10.4 Å². The predicted octanol–water partition coefficient (Wildman–Crippen LogP) is 4.92. The van der Waals surface area contributed by atoms with Crippen molar-refractivity contribution in [2.75, 3.05) is 0 Å². The first-order chi connectivity index (χ1) is 15.2. The van der Waals surface area contributed by atoms with Crippen LogP contribution in [-0.2, 0) is 6.54 Å². The minimum absolute atomic E-state index is 0.182. The molecule has 1 unspecified atom stereocenters. The lowest BCUT2D eigenvalue weighted by Gasteiger charge is -2.58. The third-order valence-corrected chi connectivity index (χ3v) is 10.8. The number of rotatable bonds is 4. The maximum absolute atomic E-state index is 11.7. The van der Waals surface area contributed by atoms with Crippen LogP contribution in [0.3, 0.4) is 0 Å². The van der Waals surface area contributed by atoms with Gasteiger partial charge >= 0.3 is 0 Å². The zero-order valence-electron chi connectivity index (χ0n) is 20.1. The Kier molecular flexibility index (Phi) is 5.49. The molecule has 32 heavy (non-hydrogen) atoms. The van der Waals surface area contributed by atoms with E-state index >= 15 is 0 Å². The quantitative estimate of drug-likeness (QED) is 0.698. The second kappa shape index (κ2) is 7.84. The fraction of sp³-hybridized carbons (Fsp3) is 0.852. The lowest BCUT2D eigenvalue weighted by atomic mass is 9.48. The molecule has 0 spiro atoms. The van der Waals surface area contributed by atoms with Gasteiger partial charge in [-0.15, -0.1) is 0 Å². The Balaban J connectivity index is 1.32. The highest BCUT2D eigenvalue weighted by atomic mass is 16.3. The average Bonchev–Trinajstić information content (AvgIpc) is 3.36. The Bertz CT molecular complexity index is 888. The van der Waals surface area contributed by atoms with Crippen molar-refractivity contribution in [3.05, 3.63) is 18.0 Å². The zero-order chi connectivity index (χ0) is 22.7. The van der Waals surface area contributed by atoms with Crippen LogP contribution >= 0.6 is 0 Å². The van der Waals surface area contributed by atoms with Crippen LogP contribution in [0.4, 0.5) is 0 Å². The molecule has 4 saturated carbocycles. The Hall–Kier alpha value is -1.38. The number of fused-ring (bicyclic) bond motifs is 5. The Morgan fingerprint density at radius 3 is 2.66 bits per heavy atom. The molecule has 176 valence electrons. The van der Waals surface area contributed by atoms with E-state index in [1.807, 2.05) is 6.92 Å². The van der Waals surface area contributed by atoms with Gasteiger partial charge in [0.05, 0.1) is 29.5 Å². The van der Waals surface area contributed by atoms with Crippen LogP contribution in [0.5, 0.6) is 0 Å². The highest BCUT2D eigenvalue weighted by Gasteiger charge is 2.60. The van der Waals surface area contributed by atoms with Gasteiger partial charge in [-0.25, -0.2) is 0 Å². The molecule has 0 aromatic carbocycles. The van der Waals surface area contributed by atoms with E-state index in [0.29, 0.717) is 23.9 Å². The number of hydrogen-bond acceptors (Lipinski definition) is 4. The fourth-order valence-electron chi connectivity index (χ4n) is 9.25. The second-order valence-electron chi connectivity index (χ2n) is 12.3. The largest absolute Gasteiger partial charge is 0.390 e. The maximum Gasteiger partial charge on any atom is 0.102 e. The van der Waals surface area contributed by atoms with E-state index < -0.39 is 11.2 Å². The first kappa shape index (κ1) is 22.4. The summed E-state index contributed by atoms with van der Waals surface area (Å²) in [6.07, 6.45) is 14.9. The topological polar surface area (TPSA) is 82.1 Å². The van der Waals surface area contributed by atoms with E-state index in [4.69, 9.17) is 5.26 Å². The first-order valence-corrected chi connectivity index (χ1v) is 13.1. The molecule has 4 aliphatic carbocycles. The monoisotopic (exact) mass is 439 g/mol. The van der Waals surface area contributed by atoms with E-state index in [-0.39, 0.29) is 11.3 Å². The second-order valence-corrected chi connectivity index (χ2v) is 12.3. The zero-order valence-corrected chi connectivity index (χ0v) is 20.1. The Morgan fingerprint density at radius 2 is 1.94 bits per heavy atom. The van der Waals surface area contributed by atoms with Crippen molar-refractivity contribution < 1.29 is 10.2 Å². The molecule has 0 aliphatic heterocycles. The number of aromatic nitrogens is 2. The molecule has 1 heterocycles. The summed E-state index contributed by atoms with van der Waals surface area (Å²) in [6.45, 7) is 7.06. The first-order valence-electron chi connectivity index (χ1n) is 13.1. The van der Waals surface area contributed by atoms with Crippen LogP contribution in [0.25, 0.3) is 0 Å². The van der Waals surface area contributed by atoms with Crippen molar-refractivity contribution in [2.24, 2.45) is 40.9 Å². The number of nitrogens with zero attached hydrogens (tertiary/aromatic N) is 3. The normalized spacial score (nSPS) is 45.2. The van der Waals surface area contributed by atoms with E-state index in [1.54, 1.807) is 17.1 Å². The van der Waals surface area contributed by atoms with Crippen molar-refractivity contribution in [1.29, 1.82) is 5.26 Å². The molecule has 0 bridgehead atoms. The predicted molar refractivity (Wildman–Crippen MR) is 123 cm³/mol. The van der Waals surface area contributed by atoms with Crippen molar-refractivity contribution in [1.82, 2.24) is 9.78 Å². The summed E-state index contributed by atoms with van der Waals surface area (Å²) in [7, 11) is 0. The third-order valence-electron chi connectivity index (χ3n) is 10.8. The van der Waals surface area contributed by atoms with Crippen molar-refractivity contribution in [2.45, 2.75) is 103 Å². The molecule has 0 amide bonds. The smallest absolute Gasteiger partial charge is 0.102 e. The molecule has 5 heteroatoms. The summed E-state index contributed by atoms with van der Waals surface area (Å²) < 4.78 is 1.75. The minimum Gasteiger partial charge on any atom is -0.390 e. The van der Waals surface area contributed by atoms with Gasteiger partial charge in [-0.1, -0.05) is 13.8 Å². The lowest BCUT2D eigenvalue weighted by molar-refractivity contribution is -0.129. The highest BCUT2D eigenvalue weighted by molar-refractivity contribution is 5.21. The molecule has 0 radical (unpaired) electrons. The summed E-state index contributed by atoms with van der Waals surface area (Å²) in [5.41, 5.74) is -0.501. The van der Waals surface area contributed by atoms with Gasteiger partial charge in [0.2, 0.25) is 0 Å². The summed E-state index contributed by atoms with van der Waals surface area (Å²) in [5, 5.41) is 36.0. The van der Waals surface area contributed by atoms with Crippen LogP contribution in [0.15, 0.2) is 12.4 Å². The third kappa shape index (κ3) is 3.53. The van der Waals surface area contributed by atoms with Gasteiger partial charge in [0, 0.05) is 6.20 Å². The molecule has 2 N–H and O–H groups in total. The van der Waals surface area contributed by atoms with Gasteiger partial charge in [-0.05, 0) is 112 Å². The highest BCUT2D eigenvalue weighted by Crippen LogP contribution is 2.66. The van der Waals surface area contributed by atoms with Crippen molar-refractivity contribution >= 4 is 0 Å². The molecule has 5 nitrogen and oxygen atoms in total. The standard InChI is InChI=1S/C27H41N3O2/c1-4-27(32)12-10-20-19(13-27)5-6-22-21(20)9-11-25(2)23(22)7-8-24(25)26(3,31)17-30-16-18(14-28)15-29-30/h15-16,19-24,31-32H,4-13,17H2,1-3H3/t19-,20-,21+,22+,23-,24-,25-,26?,27+/m0/s1. The van der Waals surface area contributed by atoms with Gasteiger partial charge in [-0.3, -0.25) is 4.68 Å². The van der Waals surface area contributed by atoms with Crippen LogP contribution in [0.2, 0.25) is 0 Å². The lowest BCUT2D eigenvalue weighted by Crippen LogP contribution is -2.53. The molecular weight excluding hydrogens is 398 g/mol. The van der Waals surface area contributed by atoms with Crippen LogP contribution in [0, 0.1) is 52.3 Å².